The molecule has 15 heavy (non-hydrogen) atoms. The predicted octanol–water partition coefficient (Wildman–Crippen LogP) is 2.18. The van der Waals surface area contributed by atoms with Gasteiger partial charge in [0.2, 0.25) is 0 Å². The lowest BCUT2D eigenvalue weighted by Crippen LogP contribution is -2.42. The van der Waals surface area contributed by atoms with Gasteiger partial charge in [0.05, 0.1) is 6.10 Å². The molecule has 1 aliphatic rings. The van der Waals surface area contributed by atoms with Crippen molar-refractivity contribution in [3.63, 3.8) is 0 Å². The van der Waals surface area contributed by atoms with Crippen molar-refractivity contribution < 1.29 is 5.11 Å². The maximum atomic E-state index is 9.70. The molecule has 1 saturated carbocycles. The molecule has 2 rings (SSSR count). The maximum absolute atomic E-state index is 9.70. The third-order valence-corrected chi connectivity index (χ3v) is 3.83. The van der Waals surface area contributed by atoms with E-state index in [1.54, 1.807) is 11.3 Å². The van der Waals surface area contributed by atoms with Gasteiger partial charge in [-0.15, -0.1) is 0 Å². The highest BCUT2D eigenvalue weighted by atomic mass is 32.1. The van der Waals surface area contributed by atoms with Gasteiger partial charge >= 0.3 is 0 Å². The number of thiophene rings is 1. The van der Waals surface area contributed by atoms with Crippen molar-refractivity contribution >= 4 is 11.3 Å². The molecule has 3 unspecified atom stereocenters. The average Bonchev–Trinajstić information content (AvgIpc) is 2.79. The van der Waals surface area contributed by atoms with E-state index in [0.29, 0.717) is 12.1 Å². The van der Waals surface area contributed by atoms with Crippen LogP contribution in [0.2, 0.25) is 0 Å². The first-order chi connectivity index (χ1) is 7.25. The summed E-state index contributed by atoms with van der Waals surface area (Å²) in [6.07, 6.45) is 4.17. The zero-order valence-electron chi connectivity index (χ0n) is 9.15. The largest absolute Gasteiger partial charge is 0.392 e. The number of hydrogen-bond acceptors (Lipinski definition) is 3. The van der Waals surface area contributed by atoms with Crippen LogP contribution in [0.3, 0.4) is 0 Å². The lowest BCUT2D eigenvalue weighted by Gasteiger charge is -2.21. The molecule has 2 nitrogen and oxygen atoms in total. The minimum Gasteiger partial charge on any atom is -0.392 e. The Hall–Kier alpha value is -0.380. The van der Waals surface area contributed by atoms with Gasteiger partial charge in [-0.1, -0.05) is 0 Å². The summed E-state index contributed by atoms with van der Waals surface area (Å²) in [7, 11) is 0. The normalized spacial score (nSPS) is 28.1. The Kier molecular flexibility index (Phi) is 3.78. The van der Waals surface area contributed by atoms with Crippen LogP contribution in [-0.2, 0) is 6.42 Å². The second kappa shape index (κ2) is 5.10. The van der Waals surface area contributed by atoms with Gasteiger partial charge in [0.25, 0.3) is 0 Å². The standard InChI is InChI=1S/C12H19NOS/c1-9(7-10-5-6-15-8-10)13-11-3-2-4-12(11)14/h5-6,8-9,11-14H,2-4,7H2,1H3. The summed E-state index contributed by atoms with van der Waals surface area (Å²) in [5.74, 6) is 0. The summed E-state index contributed by atoms with van der Waals surface area (Å²) in [6.45, 7) is 2.20. The first-order valence-electron chi connectivity index (χ1n) is 5.71. The number of nitrogens with one attached hydrogen (secondary N) is 1. The van der Waals surface area contributed by atoms with Gasteiger partial charge in [0, 0.05) is 12.1 Å². The van der Waals surface area contributed by atoms with Crippen LogP contribution >= 0.6 is 11.3 Å². The Morgan fingerprint density at radius 1 is 1.60 bits per heavy atom. The van der Waals surface area contributed by atoms with Crippen molar-refractivity contribution in [1.82, 2.24) is 5.32 Å². The van der Waals surface area contributed by atoms with Gasteiger partial charge in [0.15, 0.2) is 0 Å². The molecule has 1 aromatic rings. The third kappa shape index (κ3) is 3.03. The molecule has 3 atom stereocenters. The van der Waals surface area contributed by atoms with Gasteiger partial charge < -0.3 is 10.4 Å². The Balaban J connectivity index is 1.79. The Morgan fingerprint density at radius 3 is 3.07 bits per heavy atom. The smallest absolute Gasteiger partial charge is 0.0693 e. The van der Waals surface area contributed by atoms with Gasteiger partial charge in [-0.3, -0.25) is 0 Å². The fourth-order valence-corrected chi connectivity index (χ4v) is 3.00. The molecule has 1 heterocycles. The lowest BCUT2D eigenvalue weighted by atomic mass is 10.1. The van der Waals surface area contributed by atoms with Crippen molar-refractivity contribution in [2.75, 3.05) is 0 Å². The molecule has 1 aliphatic carbocycles. The van der Waals surface area contributed by atoms with Crippen LogP contribution in [0, 0.1) is 0 Å². The van der Waals surface area contributed by atoms with Crippen molar-refractivity contribution in [2.45, 2.75) is 50.8 Å². The third-order valence-electron chi connectivity index (χ3n) is 3.10. The van der Waals surface area contributed by atoms with Crippen LogP contribution in [0.15, 0.2) is 16.8 Å². The number of hydrogen-bond donors (Lipinski definition) is 2. The van der Waals surface area contributed by atoms with Crippen LogP contribution in [0.1, 0.15) is 31.7 Å². The van der Waals surface area contributed by atoms with E-state index in [9.17, 15) is 5.11 Å². The highest BCUT2D eigenvalue weighted by Crippen LogP contribution is 2.19. The van der Waals surface area contributed by atoms with Crippen LogP contribution < -0.4 is 5.32 Å². The lowest BCUT2D eigenvalue weighted by molar-refractivity contribution is 0.144. The zero-order chi connectivity index (χ0) is 10.7. The Morgan fingerprint density at radius 2 is 2.47 bits per heavy atom. The minimum atomic E-state index is -0.130. The van der Waals surface area contributed by atoms with E-state index in [2.05, 4.69) is 29.1 Å². The Labute approximate surface area is 95.3 Å². The fourth-order valence-electron chi connectivity index (χ4n) is 2.32. The highest BCUT2D eigenvalue weighted by Gasteiger charge is 2.25. The van der Waals surface area contributed by atoms with Crippen LogP contribution in [0.5, 0.6) is 0 Å². The van der Waals surface area contributed by atoms with E-state index in [4.69, 9.17) is 0 Å². The fraction of sp³-hybridized carbons (Fsp3) is 0.667. The van der Waals surface area contributed by atoms with Crippen LogP contribution in [0.25, 0.3) is 0 Å². The number of rotatable bonds is 4. The molecule has 1 aromatic heterocycles. The van der Waals surface area contributed by atoms with Crippen LogP contribution in [-0.4, -0.2) is 23.3 Å². The molecule has 3 heteroatoms. The van der Waals surface area contributed by atoms with E-state index >= 15 is 0 Å². The van der Waals surface area contributed by atoms with Gasteiger partial charge in [0.1, 0.15) is 0 Å². The van der Waals surface area contributed by atoms with E-state index in [0.717, 1.165) is 25.7 Å². The van der Waals surface area contributed by atoms with Crippen molar-refractivity contribution in [3.8, 4) is 0 Å². The highest BCUT2D eigenvalue weighted by molar-refractivity contribution is 7.07. The zero-order valence-corrected chi connectivity index (χ0v) is 9.96. The number of aliphatic hydroxyl groups excluding tert-OH is 1. The first-order valence-corrected chi connectivity index (χ1v) is 6.65. The summed E-state index contributed by atoms with van der Waals surface area (Å²) < 4.78 is 0. The molecule has 0 radical (unpaired) electrons. The van der Waals surface area contributed by atoms with E-state index in [1.165, 1.54) is 5.56 Å². The summed E-state index contributed by atoms with van der Waals surface area (Å²) in [5, 5.41) is 17.5. The first kappa shape index (κ1) is 11.1. The van der Waals surface area contributed by atoms with Crippen LogP contribution in [0.4, 0.5) is 0 Å². The molecule has 0 aliphatic heterocycles. The van der Waals surface area contributed by atoms with Crippen molar-refractivity contribution in [1.29, 1.82) is 0 Å². The SMILES string of the molecule is CC(Cc1ccsc1)NC1CCCC1O. The van der Waals surface area contributed by atoms with E-state index in [1.807, 2.05) is 0 Å². The quantitative estimate of drug-likeness (QED) is 0.823. The molecule has 0 spiro atoms. The summed E-state index contributed by atoms with van der Waals surface area (Å²) >= 11 is 1.75. The summed E-state index contributed by atoms with van der Waals surface area (Å²) in [5.41, 5.74) is 1.40. The van der Waals surface area contributed by atoms with E-state index in [-0.39, 0.29) is 6.10 Å². The van der Waals surface area contributed by atoms with Crippen molar-refractivity contribution in [2.24, 2.45) is 0 Å². The average molecular weight is 225 g/mol. The Bertz CT molecular complexity index is 286. The van der Waals surface area contributed by atoms with Crippen molar-refractivity contribution in [3.05, 3.63) is 22.4 Å². The van der Waals surface area contributed by atoms with Gasteiger partial charge in [-0.2, -0.15) is 11.3 Å². The molecule has 2 N–H and O–H groups in total. The van der Waals surface area contributed by atoms with E-state index < -0.39 is 0 Å². The molecule has 0 saturated heterocycles. The molecule has 1 fully saturated rings. The second-order valence-electron chi connectivity index (χ2n) is 4.51. The molecular weight excluding hydrogens is 206 g/mol. The number of aliphatic hydroxyl groups is 1. The monoisotopic (exact) mass is 225 g/mol. The maximum Gasteiger partial charge on any atom is 0.0693 e. The second-order valence-corrected chi connectivity index (χ2v) is 5.29. The van der Waals surface area contributed by atoms with Gasteiger partial charge in [-0.25, -0.2) is 0 Å². The molecule has 0 bridgehead atoms. The summed E-state index contributed by atoms with van der Waals surface area (Å²) in [6, 6.07) is 2.95. The molecule has 84 valence electrons. The molecule has 0 amide bonds. The molecular formula is C12H19NOS. The topological polar surface area (TPSA) is 32.3 Å². The minimum absolute atomic E-state index is 0.130. The van der Waals surface area contributed by atoms with Gasteiger partial charge in [-0.05, 0) is 55.0 Å². The summed E-state index contributed by atoms with van der Waals surface area (Å²) in [4.78, 5) is 0. The molecule has 0 aromatic carbocycles. The predicted molar refractivity (Wildman–Crippen MR) is 64.3 cm³/mol.